The van der Waals surface area contributed by atoms with E-state index >= 15 is 0 Å². The first kappa shape index (κ1) is 18.9. The normalized spacial score (nSPS) is 11.2. The third-order valence-corrected chi connectivity index (χ3v) is 4.17. The van der Waals surface area contributed by atoms with E-state index in [1.54, 1.807) is 0 Å². The van der Waals surface area contributed by atoms with Crippen molar-refractivity contribution in [3.8, 4) is 0 Å². The summed E-state index contributed by atoms with van der Waals surface area (Å²) in [5.41, 5.74) is 5.69. The summed E-state index contributed by atoms with van der Waals surface area (Å²) in [6.45, 7) is 0. The van der Waals surface area contributed by atoms with Crippen LogP contribution in [0.1, 0.15) is 0 Å². The second-order valence-corrected chi connectivity index (χ2v) is 6.87. The Bertz CT molecular complexity index is 1090. The maximum atomic E-state index is 11.8. The van der Waals surface area contributed by atoms with Gasteiger partial charge >= 0.3 is 0 Å². The molecule has 3 rings (SSSR count). The van der Waals surface area contributed by atoms with Crippen LogP contribution in [0, 0.1) is 0 Å². The zero-order chi connectivity index (χ0) is 19.6. The van der Waals surface area contributed by atoms with Gasteiger partial charge < -0.3 is 16.4 Å². The summed E-state index contributed by atoms with van der Waals surface area (Å²) in [5.74, 6) is -0.202. The van der Waals surface area contributed by atoms with Crippen LogP contribution in [0.4, 0.5) is 29.2 Å². The van der Waals surface area contributed by atoms with Crippen LogP contribution in [-0.4, -0.2) is 42.9 Å². The van der Waals surface area contributed by atoms with E-state index in [2.05, 4.69) is 40.5 Å². The number of nitrogens with two attached hydrogens (primary N) is 1. The van der Waals surface area contributed by atoms with Gasteiger partial charge in [0.25, 0.3) is 10.1 Å². The molecule has 140 valence electrons. The summed E-state index contributed by atoms with van der Waals surface area (Å²) in [5, 5.41) is 5.10. The van der Waals surface area contributed by atoms with Crippen molar-refractivity contribution in [2.24, 2.45) is 0 Å². The monoisotopic (exact) mass is 429 g/mol. The van der Waals surface area contributed by atoms with E-state index in [4.69, 9.17) is 28.9 Å². The number of rotatable bonds is 5. The Balaban J connectivity index is 1.97. The first-order valence-electron chi connectivity index (χ1n) is 6.88. The van der Waals surface area contributed by atoms with E-state index in [9.17, 15) is 13.0 Å². The van der Waals surface area contributed by atoms with E-state index < -0.39 is 15.0 Å². The number of hydrogen-bond acceptors (Lipinski definition) is 11. The molecule has 0 fully saturated rings. The molecule has 0 saturated heterocycles. The molecule has 27 heavy (non-hydrogen) atoms. The van der Waals surface area contributed by atoms with Crippen molar-refractivity contribution in [2.45, 2.75) is 4.90 Å². The lowest BCUT2D eigenvalue weighted by molar-refractivity contribution is 0.483. The Morgan fingerprint density at radius 3 is 2.37 bits per heavy atom. The molecule has 0 unspecified atom stereocenters. The maximum Gasteiger partial charge on any atom is 0.296 e. The Kier molecular flexibility index (Phi) is 5.18. The average Bonchev–Trinajstić information content (AvgIpc) is 2.54. The highest BCUT2D eigenvalue weighted by molar-refractivity contribution is 7.86. The van der Waals surface area contributed by atoms with Crippen LogP contribution < -0.4 is 16.4 Å². The number of nitrogens with one attached hydrogen (secondary N) is 2. The van der Waals surface area contributed by atoms with Crippen molar-refractivity contribution in [1.82, 2.24) is 29.9 Å². The van der Waals surface area contributed by atoms with E-state index in [0.717, 1.165) is 6.07 Å². The lowest BCUT2D eigenvalue weighted by Gasteiger charge is -2.12. The summed E-state index contributed by atoms with van der Waals surface area (Å²) in [6, 6.07) is 3.98. The molecule has 5 N–H and O–H groups in total. The minimum absolute atomic E-state index is 0.0293. The summed E-state index contributed by atoms with van der Waals surface area (Å²) in [7, 11) is -4.61. The molecular formula is C12H9Cl2N9O3S. The predicted molar refractivity (Wildman–Crippen MR) is 96.9 cm³/mol. The van der Waals surface area contributed by atoms with E-state index in [1.165, 1.54) is 18.5 Å². The molecule has 0 amide bonds. The van der Waals surface area contributed by atoms with E-state index in [1.807, 2.05) is 0 Å². The van der Waals surface area contributed by atoms with Crippen LogP contribution >= 0.6 is 23.2 Å². The van der Waals surface area contributed by atoms with Crippen LogP contribution in [0.2, 0.25) is 10.6 Å². The minimum atomic E-state index is -4.61. The van der Waals surface area contributed by atoms with Crippen molar-refractivity contribution >= 4 is 62.5 Å². The molecule has 3 aromatic rings. The lowest BCUT2D eigenvalue weighted by atomic mass is 10.3. The zero-order valence-electron chi connectivity index (χ0n) is 13.0. The molecule has 0 bridgehead atoms. The molecule has 2 aromatic heterocycles. The van der Waals surface area contributed by atoms with Gasteiger partial charge in [0.05, 0.1) is 5.69 Å². The second-order valence-electron chi connectivity index (χ2n) is 4.80. The molecule has 12 nitrogen and oxygen atoms in total. The molecule has 0 aliphatic heterocycles. The van der Waals surface area contributed by atoms with Crippen LogP contribution in [0.15, 0.2) is 29.4 Å². The van der Waals surface area contributed by atoms with Gasteiger partial charge in [-0.25, -0.2) is 9.97 Å². The zero-order valence-corrected chi connectivity index (χ0v) is 15.3. The molecule has 0 aliphatic rings. The molecule has 0 aliphatic carbocycles. The van der Waals surface area contributed by atoms with Gasteiger partial charge in [-0.05, 0) is 41.4 Å². The Hall–Kier alpha value is -2.87. The fraction of sp³-hybridized carbons (Fsp3) is 0. The predicted octanol–water partition coefficient (Wildman–Crippen LogP) is 1.68. The molecule has 0 saturated carbocycles. The molecule has 0 radical (unpaired) electrons. The number of hydrogen-bond donors (Lipinski definition) is 4. The van der Waals surface area contributed by atoms with Crippen molar-refractivity contribution < 1.29 is 13.0 Å². The molecular weight excluding hydrogens is 421 g/mol. The first-order valence-corrected chi connectivity index (χ1v) is 9.07. The second kappa shape index (κ2) is 7.40. The number of nitrogens with zero attached hydrogens (tertiary/aromatic N) is 6. The van der Waals surface area contributed by atoms with Gasteiger partial charge in [0.15, 0.2) is 0 Å². The fourth-order valence-electron chi connectivity index (χ4n) is 1.92. The largest absolute Gasteiger partial charge is 0.368 e. The number of anilines is 5. The van der Waals surface area contributed by atoms with Gasteiger partial charge in [-0.15, -0.1) is 0 Å². The van der Waals surface area contributed by atoms with Gasteiger partial charge in [0.1, 0.15) is 11.2 Å². The number of nitrogen functional groups attached to an aromatic ring is 1. The van der Waals surface area contributed by atoms with Gasteiger partial charge in [0.2, 0.25) is 28.4 Å². The molecule has 0 spiro atoms. The molecule has 1 aromatic carbocycles. The molecule has 15 heteroatoms. The third-order valence-electron chi connectivity index (χ3n) is 2.93. The summed E-state index contributed by atoms with van der Waals surface area (Å²) < 4.78 is 33.0. The summed E-state index contributed by atoms with van der Waals surface area (Å²) in [4.78, 5) is 22.0. The number of benzene rings is 1. The Morgan fingerprint density at radius 2 is 1.70 bits per heavy atom. The SMILES string of the molecule is Nc1nc(Cl)nc(Nc2ccc(Nc3ncnc(Cl)n3)cc2S(=O)(=O)O)n1. The average molecular weight is 430 g/mol. The van der Waals surface area contributed by atoms with Gasteiger partial charge in [-0.1, -0.05) is 0 Å². The van der Waals surface area contributed by atoms with Crippen LogP contribution in [0.5, 0.6) is 0 Å². The van der Waals surface area contributed by atoms with Crippen LogP contribution in [0.3, 0.4) is 0 Å². The van der Waals surface area contributed by atoms with E-state index in [-0.39, 0.29) is 39.8 Å². The molecule has 0 atom stereocenters. The summed E-state index contributed by atoms with van der Waals surface area (Å²) in [6.07, 6.45) is 1.17. The quantitative estimate of drug-likeness (QED) is 0.430. The van der Waals surface area contributed by atoms with Crippen molar-refractivity contribution in [3.05, 3.63) is 35.1 Å². The standard InChI is InChI=1S/C12H9Cl2N9O3S/c13-8-16-4-17-11(21-8)18-5-1-2-6(7(3-5)27(24,25)26)19-12-22-9(14)20-10(15)23-12/h1-4H,(H,24,25,26)(H,16,17,18,21)(H3,15,19,20,22,23). The Labute approximate surface area is 162 Å². The van der Waals surface area contributed by atoms with Crippen molar-refractivity contribution in [1.29, 1.82) is 0 Å². The van der Waals surface area contributed by atoms with Gasteiger partial charge in [-0.2, -0.15) is 28.4 Å². The third kappa shape index (κ3) is 4.85. The topological polar surface area (TPSA) is 182 Å². The number of halogens is 2. The van der Waals surface area contributed by atoms with Gasteiger partial charge in [-0.3, -0.25) is 4.55 Å². The fourth-order valence-corrected chi connectivity index (χ4v) is 2.89. The molecule has 2 heterocycles. The van der Waals surface area contributed by atoms with Crippen molar-refractivity contribution in [2.75, 3.05) is 16.4 Å². The number of aromatic nitrogens is 6. The minimum Gasteiger partial charge on any atom is -0.368 e. The van der Waals surface area contributed by atoms with Crippen LogP contribution in [-0.2, 0) is 10.1 Å². The highest BCUT2D eigenvalue weighted by Crippen LogP contribution is 2.28. The van der Waals surface area contributed by atoms with Crippen LogP contribution in [0.25, 0.3) is 0 Å². The highest BCUT2D eigenvalue weighted by atomic mass is 35.5. The van der Waals surface area contributed by atoms with E-state index in [0.29, 0.717) is 0 Å². The maximum absolute atomic E-state index is 11.8. The lowest BCUT2D eigenvalue weighted by Crippen LogP contribution is -2.08. The first-order chi connectivity index (χ1) is 12.7. The van der Waals surface area contributed by atoms with Crippen molar-refractivity contribution in [3.63, 3.8) is 0 Å². The summed E-state index contributed by atoms with van der Waals surface area (Å²) >= 11 is 11.4. The smallest absolute Gasteiger partial charge is 0.296 e. The Morgan fingerprint density at radius 1 is 0.963 bits per heavy atom. The highest BCUT2D eigenvalue weighted by Gasteiger charge is 2.18. The van der Waals surface area contributed by atoms with Gasteiger partial charge in [0, 0.05) is 5.69 Å².